The van der Waals surface area contributed by atoms with Crippen LogP contribution in [0.2, 0.25) is 0 Å². The second-order valence-electron chi connectivity index (χ2n) is 4.61. The summed E-state index contributed by atoms with van der Waals surface area (Å²) < 4.78 is 48.6. The van der Waals surface area contributed by atoms with Gasteiger partial charge in [0, 0.05) is 12.6 Å². The molecule has 0 saturated heterocycles. The van der Waals surface area contributed by atoms with Crippen molar-refractivity contribution in [3.05, 3.63) is 11.9 Å². The van der Waals surface area contributed by atoms with E-state index < -0.39 is 12.0 Å². The zero-order valence-corrected chi connectivity index (χ0v) is 12.3. The highest BCUT2D eigenvalue weighted by Crippen LogP contribution is 2.28. The van der Waals surface area contributed by atoms with E-state index in [0.29, 0.717) is 6.54 Å². The molecule has 8 heteroatoms. The third-order valence-electron chi connectivity index (χ3n) is 2.30. The molecular formula is C13H20F3N3O2. The summed E-state index contributed by atoms with van der Waals surface area (Å²) in [5, 5.41) is 2.79. The fourth-order valence-corrected chi connectivity index (χ4v) is 1.40. The predicted molar refractivity (Wildman–Crippen MR) is 72.4 cm³/mol. The first-order chi connectivity index (χ1) is 9.82. The van der Waals surface area contributed by atoms with E-state index in [1.165, 1.54) is 6.07 Å². The number of alkyl halides is 3. The van der Waals surface area contributed by atoms with E-state index >= 15 is 0 Å². The molecule has 0 unspecified atom stereocenters. The molecule has 0 aliphatic carbocycles. The minimum absolute atomic E-state index is 0.0338. The van der Waals surface area contributed by atoms with Crippen LogP contribution in [0.3, 0.4) is 0 Å². The number of hydrogen-bond donors (Lipinski definition) is 1. The third-order valence-corrected chi connectivity index (χ3v) is 2.30. The highest BCUT2D eigenvalue weighted by Gasteiger charge is 2.35. The smallest absolute Gasteiger partial charge is 0.451 e. The number of rotatable bonds is 8. The molecule has 1 rings (SSSR count). The Kier molecular flexibility index (Phi) is 6.67. The second-order valence-corrected chi connectivity index (χ2v) is 4.61. The van der Waals surface area contributed by atoms with Crippen LogP contribution >= 0.6 is 0 Å². The van der Waals surface area contributed by atoms with Gasteiger partial charge in [0.2, 0.25) is 11.7 Å². The molecule has 1 aromatic heterocycles. The Morgan fingerprint density at radius 1 is 1.24 bits per heavy atom. The normalized spacial score (nSPS) is 11.8. The maximum Gasteiger partial charge on any atom is 0.451 e. The molecule has 0 radical (unpaired) electrons. The first kappa shape index (κ1) is 17.5. The van der Waals surface area contributed by atoms with E-state index in [9.17, 15) is 13.2 Å². The Morgan fingerprint density at radius 3 is 2.52 bits per heavy atom. The van der Waals surface area contributed by atoms with Gasteiger partial charge in [-0.3, -0.25) is 0 Å². The van der Waals surface area contributed by atoms with Crippen LogP contribution in [0, 0.1) is 0 Å². The van der Waals surface area contributed by atoms with E-state index in [1.807, 2.05) is 20.8 Å². The number of aromatic nitrogens is 2. The summed E-state index contributed by atoms with van der Waals surface area (Å²) in [5.74, 6) is -1.24. The van der Waals surface area contributed by atoms with Crippen LogP contribution in [-0.4, -0.2) is 35.8 Å². The lowest BCUT2D eigenvalue weighted by molar-refractivity contribution is -0.145. The molecule has 120 valence electrons. The van der Waals surface area contributed by atoms with Gasteiger partial charge in [-0.1, -0.05) is 6.92 Å². The zero-order chi connectivity index (χ0) is 15.9. The molecule has 0 aliphatic heterocycles. The van der Waals surface area contributed by atoms with Crippen molar-refractivity contribution in [2.75, 3.05) is 25.1 Å². The minimum Gasteiger partial charge on any atom is -0.475 e. The third kappa shape index (κ3) is 6.61. The maximum atomic E-state index is 12.7. The Balaban J connectivity index is 2.76. The monoisotopic (exact) mass is 307 g/mol. The van der Waals surface area contributed by atoms with Gasteiger partial charge in [-0.05, 0) is 20.3 Å². The Morgan fingerprint density at radius 2 is 1.95 bits per heavy atom. The fraction of sp³-hybridized carbons (Fsp3) is 0.692. The molecule has 1 aromatic rings. The van der Waals surface area contributed by atoms with Crippen molar-refractivity contribution in [1.29, 1.82) is 0 Å². The molecular weight excluding hydrogens is 287 g/mol. The second kappa shape index (κ2) is 8.02. The molecule has 1 heterocycles. The molecule has 0 aliphatic rings. The van der Waals surface area contributed by atoms with Gasteiger partial charge in [0.1, 0.15) is 12.4 Å². The summed E-state index contributed by atoms with van der Waals surface area (Å²) in [5.41, 5.74) is 0. The van der Waals surface area contributed by atoms with Crippen LogP contribution in [0.25, 0.3) is 0 Å². The van der Waals surface area contributed by atoms with Crippen molar-refractivity contribution in [2.24, 2.45) is 0 Å². The minimum atomic E-state index is -4.61. The maximum absolute atomic E-state index is 12.7. The van der Waals surface area contributed by atoms with Gasteiger partial charge in [-0.25, -0.2) is 4.98 Å². The molecule has 0 atom stereocenters. The van der Waals surface area contributed by atoms with Gasteiger partial charge in [0.15, 0.2) is 0 Å². The van der Waals surface area contributed by atoms with Crippen molar-refractivity contribution < 1.29 is 22.6 Å². The lowest BCUT2D eigenvalue weighted by Gasteiger charge is -2.12. The van der Waals surface area contributed by atoms with Crippen molar-refractivity contribution >= 4 is 5.82 Å². The van der Waals surface area contributed by atoms with E-state index in [4.69, 9.17) is 9.47 Å². The SMILES string of the molecule is CCCNc1cc(OCCOC(C)C)nc(C(F)(F)F)n1. The van der Waals surface area contributed by atoms with Crippen molar-refractivity contribution in [3.8, 4) is 5.88 Å². The largest absolute Gasteiger partial charge is 0.475 e. The van der Waals surface area contributed by atoms with E-state index in [0.717, 1.165) is 6.42 Å². The molecule has 5 nitrogen and oxygen atoms in total. The van der Waals surface area contributed by atoms with Gasteiger partial charge < -0.3 is 14.8 Å². The summed E-state index contributed by atoms with van der Waals surface area (Å²) in [6.45, 7) is 6.54. The van der Waals surface area contributed by atoms with Crippen LogP contribution in [0.4, 0.5) is 19.0 Å². The average molecular weight is 307 g/mol. The van der Waals surface area contributed by atoms with Crippen LogP contribution in [-0.2, 0) is 10.9 Å². The van der Waals surface area contributed by atoms with Gasteiger partial charge in [-0.2, -0.15) is 18.2 Å². The number of nitrogens with zero attached hydrogens (tertiary/aromatic N) is 2. The number of halogens is 3. The van der Waals surface area contributed by atoms with Crippen LogP contribution in [0.15, 0.2) is 6.07 Å². The summed E-state index contributed by atoms with van der Waals surface area (Å²) in [4.78, 5) is 6.82. The molecule has 0 amide bonds. The van der Waals surface area contributed by atoms with Gasteiger partial charge in [0.25, 0.3) is 0 Å². The lowest BCUT2D eigenvalue weighted by atomic mass is 10.4. The predicted octanol–water partition coefficient (Wildman–Crippen LogP) is 3.12. The summed E-state index contributed by atoms with van der Waals surface area (Å²) in [7, 11) is 0. The Hall–Kier alpha value is -1.57. The molecule has 0 fully saturated rings. The first-order valence-corrected chi connectivity index (χ1v) is 6.77. The molecule has 1 N–H and O–H groups in total. The number of anilines is 1. The van der Waals surface area contributed by atoms with E-state index in [2.05, 4.69) is 15.3 Å². The van der Waals surface area contributed by atoms with Crippen molar-refractivity contribution in [3.63, 3.8) is 0 Å². The zero-order valence-electron chi connectivity index (χ0n) is 12.3. The first-order valence-electron chi connectivity index (χ1n) is 6.77. The summed E-state index contributed by atoms with van der Waals surface area (Å²) in [6, 6.07) is 1.35. The molecule has 0 bridgehead atoms. The van der Waals surface area contributed by atoms with E-state index in [-0.39, 0.29) is 31.0 Å². The van der Waals surface area contributed by atoms with Crippen LogP contribution in [0.5, 0.6) is 5.88 Å². The lowest BCUT2D eigenvalue weighted by Crippen LogP contribution is -2.16. The number of nitrogens with one attached hydrogen (secondary N) is 1. The highest BCUT2D eigenvalue weighted by atomic mass is 19.4. The van der Waals surface area contributed by atoms with E-state index in [1.54, 1.807) is 0 Å². The Labute approximate surface area is 121 Å². The highest BCUT2D eigenvalue weighted by molar-refractivity contribution is 5.38. The molecule has 0 spiro atoms. The number of hydrogen-bond acceptors (Lipinski definition) is 5. The van der Waals surface area contributed by atoms with Crippen molar-refractivity contribution in [1.82, 2.24) is 9.97 Å². The molecule has 21 heavy (non-hydrogen) atoms. The Bertz CT molecular complexity index is 439. The van der Waals surface area contributed by atoms with Gasteiger partial charge in [0.05, 0.1) is 12.7 Å². The standard InChI is InChI=1S/C13H20F3N3O2/c1-4-5-17-10-8-11(21-7-6-20-9(2)3)19-12(18-10)13(14,15)16/h8-9H,4-7H2,1-3H3,(H,17,18,19). The van der Waals surface area contributed by atoms with Crippen LogP contribution < -0.4 is 10.1 Å². The molecule has 0 saturated carbocycles. The summed E-state index contributed by atoms with van der Waals surface area (Å²) >= 11 is 0. The topological polar surface area (TPSA) is 56.3 Å². The average Bonchev–Trinajstić information content (AvgIpc) is 2.40. The van der Waals surface area contributed by atoms with Crippen LogP contribution in [0.1, 0.15) is 33.0 Å². The van der Waals surface area contributed by atoms with Crippen molar-refractivity contribution in [2.45, 2.75) is 39.5 Å². The summed E-state index contributed by atoms with van der Waals surface area (Å²) in [6.07, 6.45) is -3.81. The molecule has 0 aromatic carbocycles. The number of ether oxygens (including phenoxy) is 2. The fourth-order valence-electron chi connectivity index (χ4n) is 1.40. The van der Waals surface area contributed by atoms with Gasteiger partial charge >= 0.3 is 6.18 Å². The van der Waals surface area contributed by atoms with Gasteiger partial charge in [-0.15, -0.1) is 0 Å². The quantitative estimate of drug-likeness (QED) is 0.748.